The van der Waals surface area contributed by atoms with Gasteiger partial charge in [-0.2, -0.15) is 0 Å². The molecule has 1 N–H and O–H groups in total. The molecule has 1 unspecified atom stereocenters. The largest absolute Gasteiger partial charge is 0.481 e. The summed E-state index contributed by atoms with van der Waals surface area (Å²) in [5.74, 6) is -0.544. The summed E-state index contributed by atoms with van der Waals surface area (Å²) in [7, 11) is 0. The number of carboxylic acid groups (broad SMARTS) is 1. The smallest absolute Gasteiger partial charge is 0.311 e. The van der Waals surface area contributed by atoms with Crippen LogP contribution in [0.5, 0.6) is 0 Å². The summed E-state index contributed by atoms with van der Waals surface area (Å²) >= 11 is 0. The van der Waals surface area contributed by atoms with Crippen LogP contribution in [0.2, 0.25) is 0 Å². The van der Waals surface area contributed by atoms with Crippen molar-refractivity contribution < 1.29 is 19.2 Å². The van der Waals surface area contributed by atoms with Crippen molar-refractivity contribution >= 4 is 11.9 Å². The Balaban J connectivity index is 2.15. The first kappa shape index (κ1) is 13.6. The molecule has 1 aromatic rings. The van der Waals surface area contributed by atoms with E-state index in [4.69, 9.17) is 4.52 Å². The van der Waals surface area contributed by atoms with E-state index in [0.29, 0.717) is 30.7 Å². The van der Waals surface area contributed by atoms with E-state index in [1.807, 2.05) is 6.92 Å². The summed E-state index contributed by atoms with van der Waals surface area (Å²) in [6, 6.07) is 0. The highest BCUT2D eigenvalue weighted by Gasteiger charge is 2.45. The maximum absolute atomic E-state index is 12.3. The highest BCUT2D eigenvalue weighted by atomic mass is 16.5. The Morgan fingerprint density at radius 3 is 2.84 bits per heavy atom. The van der Waals surface area contributed by atoms with Gasteiger partial charge in [-0.1, -0.05) is 18.5 Å². The summed E-state index contributed by atoms with van der Waals surface area (Å²) in [6.07, 6.45) is 3.28. The number of aliphatic carboxylic acids is 1. The van der Waals surface area contributed by atoms with Crippen LogP contribution in [0.1, 0.15) is 42.3 Å². The van der Waals surface area contributed by atoms with Gasteiger partial charge in [-0.15, -0.1) is 0 Å². The third kappa shape index (κ3) is 2.34. The van der Waals surface area contributed by atoms with Gasteiger partial charge in [0.25, 0.3) is 5.91 Å². The number of carboxylic acids is 1. The zero-order valence-electron chi connectivity index (χ0n) is 11.2. The van der Waals surface area contributed by atoms with Crippen molar-refractivity contribution in [2.45, 2.75) is 33.1 Å². The number of likely N-dealkylation sites (tertiary alicyclic amines) is 1. The first-order chi connectivity index (χ1) is 9.00. The maximum atomic E-state index is 12.3. The summed E-state index contributed by atoms with van der Waals surface area (Å²) in [6.45, 7) is 4.36. The number of aryl methyl sites for hydroxylation is 1. The predicted octanol–water partition coefficient (Wildman–Crippen LogP) is 1.70. The van der Waals surface area contributed by atoms with Crippen molar-refractivity contribution in [3.63, 3.8) is 0 Å². The Morgan fingerprint density at radius 2 is 2.32 bits per heavy atom. The Bertz CT molecular complexity index is 497. The van der Waals surface area contributed by atoms with E-state index in [1.54, 1.807) is 11.8 Å². The molecular formula is C13H18N2O4. The zero-order chi connectivity index (χ0) is 14.0. The van der Waals surface area contributed by atoms with Crippen molar-refractivity contribution in [3.8, 4) is 0 Å². The van der Waals surface area contributed by atoms with Crippen molar-refractivity contribution in [2.75, 3.05) is 13.1 Å². The number of carbonyl (C=O) groups excluding carboxylic acids is 1. The molecule has 0 aromatic carbocycles. The molecule has 0 saturated carbocycles. The Labute approximate surface area is 111 Å². The fourth-order valence-electron chi connectivity index (χ4n) is 2.68. The number of rotatable bonds is 4. The Morgan fingerprint density at radius 1 is 1.58 bits per heavy atom. The number of carbonyl (C=O) groups is 2. The summed E-state index contributed by atoms with van der Waals surface area (Å²) in [5, 5.41) is 13.0. The molecule has 104 valence electrons. The molecule has 0 aliphatic carbocycles. The topological polar surface area (TPSA) is 83.6 Å². The Kier molecular flexibility index (Phi) is 3.59. The van der Waals surface area contributed by atoms with Gasteiger partial charge in [0.2, 0.25) is 0 Å². The molecule has 1 aromatic heterocycles. The van der Waals surface area contributed by atoms with E-state index in [2.05, 4.69) is 5.16 Å². The highest BCUT2D eigenvalue weighted by Crippen LogP contribution is 2.36. The molecule has 1 amide bonds. The minimum atomic E-state index is -0.813. The van der Waals surface area contributed by atoms with Gasteiger partial charge in [0, 0.05) is 13.1 Å². The van der Waals surface area contributed by atoms with Gasteiger partial charge in [-0.05, 0) is 19.8 Å². The average Bonchev–Trinajstić information content (AvgIpc) is 2.96. The second-order valence-electron chi connectivity index (χ2n) is 5.11. The quantitative estimate of drug-likeness (QED) is 0.896. The van der Waals surface area contributed by atoms with Gasteiger partial charge in [0.05, 0.1) is 11.6 Å². The van der Waals surface area contributed by atoms with Crippen LogP contribution >= 0.6 is 0 Å². The van der Waals surface area contributed by atoms with Crippen molar-refractivity contribution in [3.05, 3.63) is 17.5 Å². The van der Waals surface area contributed by atoms with E-state index < -0.39 is 11.4 Å². The molecule has 6 heteroatoms. The van der Waals surface area contributed by atoms with Gasteiger partial charge in [0.15, 0.2) is 0 Å². The van der Waals surface area contributed by atoms with Crippen LogP contribution in [0.3, 0.4) is 0 Å². The van der Waals surface area contributed by atoms with Gasteiger partial charge >= 0.3 is 5.97 Å². The van der Waals surface area contributed by atoms with E-state index in [9.17, 15) is 14.7 Å². The second kappa shape index (κ2) is 5.03. The first-order valence-electron chi connectivity index (χ1n) is 6.44. The third-order valence-corrected chi connectivity index (χ3v) is 3.80. The number of nitrogens with zero attached hydrogens (tertiary/aromatic N) is 2. The molecule has 6 nitrogen and oxygen atoms in total. The van der Waals surface area contributed by atoms with E-state index in [-0.39, 0.29) is 12.5 Å². The van der Waals surface area contributed by atoms with Crippen LogP contribution in [-0.2, 0) is 4.79 Å². The summed E-state index contributed by atoms with van der Waals surface area (Å²) in [4.78, 5) is 25.3. The van der Waals surface area contributed by atoms with Crippen LogP contribution < -0.4 is 0 Å². The number of hydrogen-bond acceptors (Lipinski definition) is 4. The van der Waals surface area contributed by atoms with Crippen molar-refractivity contribution in [1.29, 1.82) is 0 Å². The lowest BCUT2D eigenvalue weighted by Crippen LogP contribution is -2.37. The lowest BCUT2D eigenvalue weighted by atomic mass is 9.83. The predicted molar refractivity (Wildman–Crippen MR) is 66.7 cm³/mol. The van der Waals surface area contributed by atoms with Crippen molar-refractivity contribution in [2.24, 2.45) is 5.41 Å². The zero-order valence-corrected chi connectivity index (χ0v) is 11.2. The standard InChI is InChI=1S/C13H18N2O4/c1-3-4-13(12(17)18)5-6-15(8-13)11(16)10-7-14-19-9(10)2/h7H,3-6,8H2,1-2H3,(H,17,18). The fourth-order valence-corrected chi connectivity index (χ4v) is 2.68. The van der Waals surface area contributed by atoms with E-state index in [0.717, 1.165) is 6.42 Å². The molecule has 19 heavy (non-hydrogen) atoms. The van der Waals surface area contributed by atoms with Crippen molar-refractivity contribution in [1.82, 2.24) is 10.1 Å². The van der Waals surface area contributed by atoms with Gasteiger partial charge < -0.3 is 14.5 Å². The fraction of sp³-hybridized carbons (Fsp3) is 0.615. The van der Waals surface area contributed by atoms with Crippen LogP contribution in [0.4, 0.5) is 0 Å². The number of aromatic nitrogens is 1. The second-order valence-corrected chi connectivity index (χ2v) is 5.11. The van der Waals surface area contributed by atoms with Crippen LogP contribution in [0, 0.1) is 12.3 Å². The highest BCUT2D eigenvalue weighted by molar-refractivity contribution is 5.95. The van der Waals surface area contributed by atoms with Crippen LogP contribution in [-0.4, -0.2) is 40.1 Å². The first-order valence-corrected chi connectivity index (χ1v) is 6.44. The molecule has 1 aliphatic heterocycles. The molecule has 1 atom stereocenters. The normalized spacial score (nSPS) is 22.7. The summed E-state index contributed by atoms with van der Waals surface area (Å²) < 4.78 is 4.88. The third-order valence-electron chi connectivity index (χ3n) is 3.80. The number of hydrogen-bond donors (Lipinski definition) is 1. The summed E-state index contributed by atoms with van der Waals surface area (Å²) in [5.41, 5.74) is -0.382. The monoisotopic (exact) mass is 266 g/mol. The minimum Gasteiger partial charge on any atom is -0.481 e. The van der Waals surface area contributed by atoms with E-state index >= 15 is 0 Å². The Hall–Kier alpha value is -1.85. The molecule has 2 rings (SSSR count). The molecule has 1 saturated heterocycles. The van der Waals surface area contributed by atoms with Gasteiger partial charge in [-0.3, -0.25) is 9.59 Å². The van der Waals surface area contributed by atoms with Crippen LogP contribution in [0.15, 0.2) is 10.7 Å². The van der Waals surface area contributed by atoms with E-state index in [1.165, 1.54) is 6.20 Å². The van der Waals surface area contributed by atoms with Gasteiger partial charge in [-0.25, -0.2) is 0 Å². The molecule has 1 fully saturated rings. The van der Waals surface area contributed by atoms with Gasteiger partial charge in [0.1, 0.15) is 11.3 Å². The molecule has 2 heterocycles. The lowest BCUT2D eigenvalue weighted by molar-refractivity contribution is -0.148. The molecule has 0 spiro atoms. The molecular weight excluding hydrogens is 248 g/mol. The molecule has 1 aliphatic rings. The SMILES string of the molecule is CCCC1(C(=O)O)CCN(C(=O)c2cnoc2C)C1. The number of amides is 1. The van der Waals surface area contributed by atoms with Crippen LogP contribution in [0.25, 0.3) is 0 Å². The molecule has 0 radical (unpaired) electrons. The average molecular weight is 266 g/mol. The lowest BCUT2D eigenvalue weighted by Gasteiger charge is -2.24. The molecule has 0 bridgehead atoms. The minimum absolute atomic E-state index is 0.196. The maximum Gasteiger partial charge on any atom is 0.311 e.